The topological polar surface area (TPSA) is 111 Å². The van der Waals surface area contributed by atoms with Crippen molar-refractivity contribution in [3.8, 4) is 0 Å². The summed E-state index contributed by atoms with van der Waals surface area (Å²) in [4.78, 5) is 15.1. The van der Waals surface area contributed by atoms with Crippen molar-refractivity contribution in [2.45, 2.75) is 37.4 Å². The Kier molecular flexibility index (Phi) is 3.57. The molecule has 7 nitrogen and oxygen atoms in total. The number of nitrogens with zero attached hydrogens (tertiary/aromatic N) is 2. The largest absolute Gasteiger partial charge is 0.393 e. The van der Waals surface area contributed by atoms with Gasteiger partial charge in [-0.05, 0) is 12.5 Å². The maximum Gasteiger partial charge on any atom is 0.351 e. The normalized spacial score (nSPS) is 34.6. The first kappa shape index (κ1) is 13.9. The monoisotopic (exact) mass is 273 g/mol. The van der Waals surface area contributed by atoms with Gasteiger partial charge in [0, 0.05) is 6.20 Å². The van der Waals surface area contributed by atoms with Gasteiger partial charge < -0.3 is 20.7 Å². The van der Waals surface area contributed by atoms with Crippen molar-refractivity contribution in [1.29, 1.82) is 0 Å². The molecule has 2 rings (SSSR count). The molecule has 1 aliphatic rings. The van der Waals surface area contributed by atoms with Crippen LogP contribution in [0.25, 0.3) is 0 Å². The van der Waals surface area contributed by atoms with Gasteiger partial charge in [0.05, 0.1) is 6.61 Å². The molecular weight excluding hydrogens is 257 g/mol. The molecule has 4 N–H and O–H groups in total. The number of anilines is 1. The van der Waals surface area contributed by atoms with Crippen molar-refractivity contribution in [2.24, 2.45) is 0 Å². The average Bonchev–Trinajstić information content (AvgIpc) is 2.64. The van der Waals surface area contributed by atoms with E-state index < -0.39 is 36.4 Å². The third-order valence-electron chi connectivity index (χ3n) is 3.46. The van der Waals surface area contributed by atoms with Crippen LogP contribution in [0.2, 0.25) is 0 Å². The highest BCUT2D eigenvalue weighted by atomic mass is 19.1. The van der Waals surface area contributed by atoms with E-state index in [9.17, 15) is 19.4 Å². The minimum absolute atomic E-state index is 0.0131. The molecule has 19 heavy (non-hydrogen) atoms. The molecule has 0 amide bonds. The Morgan fingerprint density at radius 3 is 2.84 bits per heavy atom. The summed E-state index contributed by atoms with van der Waals surface area (Å²) in [6.45, 7) is 1.11. The number of halogens is 1. The molecule has 1 aromatic heterocycles. The summed E-state index contributed by atoms with van der Waals surface area (Å²) >= 11 is 0. The van der Waals surface area contributed by atoms with Crippen molar-refractivity contribution < 1.29 is 19.3 Å². The van der Waals surface area contributed by atoms with Crippen molar-refractivity contribution in [1.82, 2.24) is 9.55 Å². The highest BCUT2D eigenvalue weighted by Crippen LogP contribution is 2.40. The molecule has 4 atom stereocenters. The summed E-state index contributed by atoms with van der Waals surface area (Å²) in [5, 5.41) is 19.2. The van der Waals surface area contributed by atoms with Crippen LogP contribution in [-0.2, 0) is 4.74 Å². The Labute approximate surface area is 108 Å². The van der Waals surface area contributed by atoms with E-state index in [0.29, 0.717) is 0 Å². The zero-order valence-corrected chi connectivity index (χ0v) is 10.4. The molecule has 106 valence electrons. The standard InChI is InChI=1S/C11H16FN3O4/c1-2-11(5-16)8(17)7(12)9(19-11)15-4-3-6(13)14-10(15)18/h3-4,7-9,16-17H,2,5H2,1H3,(H2,13,14,18)/t7-,8+,9-,11?/m1/s1. The van der Waals surface area contributed by atoms with E-state index in [2.05, 4.69) is 4.98 Å². The molecule has 0 radical (unpaired) electrons. The molecular formula is C11H16FN3O4. The summed E-state index contributed by atoms with van der Waals surface area (Å²) in [7, 11) is 0. The van der Waals surface area contributed by atoms with Gasteiger partial charge in [0.25, 0.3) is 0 Å². The van der Waals surface area contributed by atoms with Gasteiger partial charge in [-0.15, -0.1) is 0 Å². The molecule has 8 heteroatoms. The second-order valence-electron chi connectivity index (χ2n) is 4.52. The number of aromatic nitrogens is 2. The summed E-state index contributed by atoms with van der Waals surface area (Å²) in [5.41, 5.74) is 3.16. The summed E-state index contributed by atoms with van der Waals surface area (Å²) < 4.78 is 20.4. The van der Waals surface area contributed by atoms with Gasteiger partial charge in [0.15, 0.2) is 12.4 Å². The Hall–Kier alpha value is -1.51. The molecule has 1 aliphatic heterocycles. The van der Waals surface area contributed by atoms with Gasteiger partial charge in [-0.25, -0.2) is 9.18 Å². The van der Waals surface area contributed by atoms with Crippen molar-refractivity contribution in [3.63, 3.8) is 0 Å². The van der Waals surface area contributed by atoms with Gasteiger partial charge >= 0.3 is 5.69 Å². The van der Waals surface area contributed by atoms with E-state index in [0.717, 1.165) is 4.57 Å². The number of alkyl halides is 1. The molecule has 0 aromatic carbocycles. The lowest BCUT2D eigenvalue weighted by Crippen LogP contribution is -2.44. The van der Waals surface area contributed by atoms with Crippen LogP contribution < -0.4 is 11.4 Å². The summed E-state index contributed by atoms with van der Waals surface area (Å²) in [5.74, 6) is 0.0131. The molecule has 0 aliphatic carbocycles. The van der Waals surface area contributed by atoms with E-state index in [1.165, 1.54) is 12.3 Å². The van der Waals surface area contributed by atoms with E-state index in [1.807, 2.05) is 0 Å². The lowest BCUT2D eigenvalue weighted by Gasteiger charge is -2.28. The third kappa shape index (κ3) is 2.11. The Bertz CT molecular complexity index is 517. The van der Waals surface area contributed by atoms with Crippen molar-refractivity contribution in [3.05, 3.63) is 22.7 Å². The minimum atomic E-state index is -1.84. The third-order valence-corrected chi connectivity index (χ3v) is 3.46. The van der Waals surface area contributed by atoms with Crippen LogP contribution in [0.3, 0.4) is 0 Å². The van der Waals surface area contributed by atoms with Crippen molar-refractivity contribution in [2.75, 3.05) is 12.3 Å². The summed E-state index contributed by atoms with van der Waals surface area (Å²) in [6.07, 6.45) is -3.23. The lowest BCUT2D eigenvalue weighted by atomic mass is 9.94. The number of ether oxygens (including phenoxy) is 1. The van der Waals surface area contributed by atoms with Crippen LogP contribution in [0, 0.1) is 0 Å². The first-order valence-electron chi connectivity index (χ1n) is 5.90. The van der Waals surface area contributed by atoms with Gasteiger partial charge in [-0.1, -0.05) is 6.92 Å². The Morgan fingerprint density at radius 2 is 2.37 bits per heavy atom. The van der Waals surface area contributed by atoms with E-state index in [1.54, 1.807) is 6.92 Å². The number of nitrogens with two attached hydrogens (primary N) is 1. The fourth-order valence-electron chi connectivity index (χ4n) is 2.19. The lowest BCUT2D eigenvalue weighted by molar-refractivity contribution is -0.130. The second kappa shape index (κ2) is 4.87. The molecule has 1 unspecified atom stereocenters. The predicted octanol–water partition coefficient (Wildman–Crippen LogP) is -0.806. The minimum Gasteiger partial charge on any atom is -0.393 e. The molecule has 1 fully saturated rings. The Balaban J connectivity index is 2.39. The van der Waals surface area contributed by atoms with Crippen LogP contribution in [-0.4, -0.2) is 44.2 Å². The van der Waals surface area contributed by atoms with E-state index in [4.69, 9.17) is 10.5 Å². The highest BCUT2D eigenvalue weighted by molar-refractivity contribution is 5.23. The van der Waals surface area contributed by atoms with Crippen LogP contribution in [0.1, 0.15) is 19.6 Å². The molecule has 1 saturated heterocycles. The average molecular weight is 273 g/mol. The molecule has 0 bridgehead atoms. The van der Waals surface area contributed by atoms with E-state index in [-0.39, 0.29) is 12.2 Å². The number of hydrogen-bond donors (Lipinski definition) is 3. The smallest absolute Gasteiger partial charge is 0.351 e. The fourth-order valence-corrected chi connectivity index (χ4v) is 2.19. The van der Waals surface area contributed by atoms with Gasteiger partial charge in [-0.3, -0.25) is 4.57 Å². The number of aliphatic hydroxyl groups is 2. The summed E-state index contributed by atoms with van der Waals surface area (Å²) in [6, 6.07) is 1.33. The van der Waals surface area contributed by atoms with Crippen LogP contribution in [0.15, 0.2) is 17.1 Å². The molecule has 0 spiro atoms. The SMILES string of the molecule is CCC1(CO)O[C@@H](n2ccc(N)nc2=O)[C@H](F)[C@@H]1O. The van der Waals surface area contributed by atoms with Gasteiger partial charge in [0.1, 0.15) is 17.5 Å². The Morgan fingerprint density at radius 1 is 1.68 bits per heavy atom. The molecule has 0 saturated carbocycles. The zero-order chi connectivity index (χ0) is 14.2. The number of hydrogen-bond acceptors (Lipinski definition) is 6. The maximum atomic E-state index is 14.1. The number of nitrogen functional groups attached to an aromatic ring is 1. The molecule has 2 heterocycles. The van der Waals surface area contributed by atoms with Crippen LogP contribution in [0.4, 0.5) is 10.2 Å². The van der Waals surface area contributed by atoms with E-state index >= 15 is 0 Å². The first-order chi connectivity index (χ1) is 8.95. The van der Waals surface area contributed by atoms with Gasteiger partial charge in [-0.2, -0.15) is 4.98 Å². The second-order valence-corrected chi connectivity index (χ2v) is 4.52. The van der Waals surface area contributed by atoms with Gasteiger partial charge in [0.2, 0.25) is 0 Å². The van der Waals surface area contributed by atoms with Crippen LogP contribution in [0.5, 0.6) is 0 Å². The predicted molar refractivity (Wildman–Crippen MR) is 64.0 cm³/mol. The zero-order valence-electron chi connectivity index (χ0n) is 10.4. The number of aliphatic hydroxyl groups excluding tert-OH is 2. The highest BCUT2D eigenvalue weighted by Gasteiger charge is 2.54. The molecule has 1 aromatic rings. The number of rotatable bonds is 3. The first-order valence-corrected chi connectivity index (χ1v) is 5.90. The van der Waals surface area contributed by atoms with Crippen molar-refractivity contribution >= 4 is 5.82 Å². The quantitative estimate of drug-likeness (QED) is 0.664. The van der Waals surface area contributed by atoms with Crippen LogP contribution >= 0.6 is 0 Å². The fraction of sp³-hybridized carbons (Fsp3) is 0.636. The maximum absolute atomic E-state index is 14.1.